The van der Waals surface area contributed by atoms with Crippen molar-refractivity contribution in [3.63, 3.8) is 0 Å². The van der Waals surface area contributed by atoms with Crippen molar-refractivity contribution in [2.45, 2.75) is 6.92 Å². The first-order valence-corrected chi connectivity index (χ1v) is 5.25. The fourth-order valence-corrected chi connectivity index (χ4v) is 1.30. The summed E-state index contributed by atoms with van der Waals surface area (Å²) in [5, 5.41) is 10.6. The average Bonchev–Trinajstić information content (AvgIpc) is 2.36. The molecule has 0 saturated carbocycles. The molecule has 0 aliphatic rings. The number of esters is 1. The van der Waals surface area contributed by atoms with Gasteiger partial charge in [0.25, 0.3) is 5.69 Å². The van der Waals surface area contributed by atoms with Crippen LogP contribution in [0.5, 0.6) is 5.75 Å². The number of non-ortho nitro benzene ring substituents is 1. The Labute approximate surface area is 104 Å². The molecule has 0 fully saturated rings. The van der Waals surface area contributed by atoms with E-state index in [0.717, 1.165) is 0 Å². The number of hydrogen-bond acceptors (Lipinski definition) is 5. The molecule has 0 aromatic heterocycles. The third-order valence-electron chi connectivity index (χ3n) is 2.11. The van der Waals surface area contributed by atoms with E-state index in [9.17, 15) is 14.9 Å². The van der Waals surface area contributed by atoms with E-state index in [4.69, 9.17) is 9.47 Å². The Morgan fingerprint density at radius 1 is 1.50 bits per heavy atom. The SMILES string of the molecule is CCOC(=O)C=Cc1ccc([N+](=O)[O-])cc1OC. The lowest BCUT2D eigenvalue weighted by molar-refractivity contribution is -0.384. The summed E-state index contributed by atoms with van der Waals surface area (Å²) in [5.41, 5.74) is 0.497. The van der Waals surface area contributed by atoms with Crippen LogP contribution in [0.15, 0.2) is 24.3 Å². The minimum Gasteiger partial charge on any atom is -0.496 e. The summed E-state index contributed by atoms with van der Waals surface area (Å²) in [6, 6.07) is 4.14. The van der Waals surface area contributed by atoms with E-state index in [2.05, 4.69) is 0 Å². The lowest BCUT2D eigenvalue weighted by Crippen LogP contribution is -1.99. The predicted molar refractivity (Wildman–Crippen MR) is 65.3 cm³/mol. The predicted octanol–water partition coefficient (Wildman–Crippen LogP) is 2.18. The molecule has 1 rings (SSSR count). The van der Waals surface area contributed by atoms with Gasteiger partial charge in [0.1, 0.15) is 5.75 Å². The van der Waals surface area contributed by atoms with Crippen molar-refractivity contribution in [3.05, 3.63) is 40.0 Å². The highest BCUT2D eigenvalue weighted by molar-refractivity contribution is 5.87. The Kier molecular flexibility index (Phi) is 4.86. The summed E-state index contributed by atoms with van der Waals surface area (Å²) >= 11 is 0. The van der Waals surface area contributed by atoms with Gasteiger partial charge >= 0.3 is 5.97 Å². The Bertz CT molecular complexity index is 481. The van der Waals surface area contributed by atoms with Crippen molar-refractivity contribution in [1.82, 2.24) is 0 Å². The molecule has 0 N–H and O–H groups in total. The highest BCUT2D eigenvalue weighted by atomic mass is 16.6. The van der Waals surface area contributed by atoms with Crippen LogP contribution in [0.3, 0.4) is 0 Å². The van der Waals surface area contributed by atoms with Gasteiger partial charge in [0, 0.05) is 17.7 Å². The summed E-state index contributed by atoms with van der Waals surface area (Å²) in [6.45, 7) is 2.00. The Morgan fingerprint density at radius 3 is 2.78 bits per heavy atom. The van der Waals surface area contributed by atoms with Crippen LogP contribution in [-0.2, 0) is 9.53 Å². The number of nitro groups is 1. The first kappa shape index (κ1) is 13.7. The highest BCUT2D eigenvalue weighted by Crippen LogP contribution is 2.25. The number of carbonyl (C=O) groups excluding carboxylic acids is 1. The molecule has 0 atom stereocenters. The van der Waals surface area contributed by atoms with Gasteiger partial charge in [0.05, 0.1) is 24.7 Å². The van der Waals surface area contributed by atoms with E-state index in [1.165, 1.54) is 37.5 Å². The molecule has 0 unspecified atom stereocenters. The summed E-state index contributed by atoms with van der Waals surface area (Å²) in [5.74, 6) is -0.150. The monoisotopic (exact) mass is 251 g/mol. The van der Waals surface area contributed by atoms with Crippen molar-refractivity contribution in [2.75, 3.05) is 13.7 Å². The summed E-state index contributed by atoms with van der Waals surface area (Å²) in [6.07, 6.45) is 2.73. The van der Waals surface area contributed by atoms with Gasteiger partial charge in [0.2, 0.25) is 0 Å². The van der Waals surface area contributed by atoms with Crippen LogP contribution < -0.4 is 4.74 Å². The van der Waals surface area contributed by atoms with Crippen LogP contribution in [0.2, 0.25) is 0 Å². The molecule has 1 aromatic rings. The van der Waals surface area contributed by atoms with E-state index >= 15 is 0 Å². The lowest BCUT2D eigenvalue weighted by Gasteiger charge is -2.04. The zero-order valence-corrected chi connectivity index (χ0v) is 10.1. The van der Waals surface area contributed by atoms with Gasteiger partial charge in [-0.2, -0.15) is 0 Å². The number of carbonyl (C=O) groups is 1. The van der Waals surface area contributed by atoms with Crippen molar-refractivity contribution in [1.29, 1.82) is 0 Å². The molecule has 96 valence electrons. The van der Waals surface area contributed by atoms with Gasteiger partial charge < -0.3 is 9.47 Å². The van der Waals surface area contributed by atoms with Crippen LogP contribution in [0.25, 0.3) is 6.08 Å². The quantitative estimate of drug-likeness (QED) is 0.347. The lowest BCUT2D eigenvalue weighted by atomic mass is 10.1. The van der Waals surface area contributed by atoms with E-state index in [1.54, 1.807) is 6.92 Å². The topological polar surface area (TPSA) is 78.7 Å². The summed E-state index contributed by atoms with van der Waals surface area (Å²) in [7, 11) is 1.40. The second-order valence-electron chi connectivity index (χ2n) is 3.27. The Balaban J connectivity index is 2.96. The van der Waals surface area contributed by atoms with Crippen molar-refractivity contribution in [2.24, 2.45) is 0 Å². The maximum Gasteiger partial charge on any atom is 0.330 e. The molecule has 0 spiro atoms. The molecule has 0 saturated heterocycles. The van der Waals surface area contributed by atoms with E-state index in [1.807, 2.05) is 0 Å². The maximum absolute atomic E-state index is 11.1. The molecule has 1 aromatic carbocycles. The minimum absolute atomic E-state index is 0.0693. The van der Waals surface area contributed by atoms with Gasteiger partial charge in [-0.25, -0.2) is 4.79 Å². The molecule has 0 heterocycles. The molecular formula is C12H13NO5. The van der Waals surface area contributed by atoms with E-state index in [0.29, 0.717) is 17.9 Å². The molecule has 0 aliphatic heterocycles. The van der Waals surface area contributed by atoms with Crippen LogP contribution >= 0.6 is 0 Å². The number of nitrogens with zero attached hydrogens (tertiary/aromatic N) is 1. The van der Waals surface area contributed by atoms with Gasteiger partial charge in [-0.1, -0.05) is 0 Å². The molecule has 0 aliphatic carbocycles. The molecular weight excluding hydrogens is 238 g/mol. The number of methoxy groups -OCH3 is 1. The molecule has 0 bridgehead atoms. The molecule has 6 nitrogen and oxygen atoms in total. The smallest absolute Gasteiger partial charge is 0.330 e. The van der Waals surface area contributed by atoms with Gasteiger partial charge in [-0.15, -0.1) is 0 Å². The number of ether oxygens (including phenoxy) is 2. The third kappa shape index (κ3) is 3.58. The van der Waals surface area contributed by atoms with Crippen molar-refractivity contribution in [3.8, 4) is 5.75 Å². The van der Waals surface area contributed by atoms with Crippen molar-refractivity contribution >= 4 is 17.7 Å². The average molecular weight is 251 g/mol. The largest absolute Gasteiger partial charge is 0.496 e. The standard InChI is InChI=1S/C12H13NO5/c1-3-18-12(14)7-5-9-4-6-10(13(15)16)8-11(9)17-2/h4-8H,3H2,1-2H3. The Hall–Kier alpha value is -2.37. The van der Waals surface area contributed by atoms with E-state index < -0.39 is 10.9 Å². The molecule has 0 radical (unpaired) electrons. The highest BCUT2D eigenvalue weighted by Gasteiger charge is 2.09. The van der Waals surface area contributed by atoms with Crippen molar-refractivity contribution < 1.29 is 19.2 Å². The third-order valence-corrected chi connectivity index (χ3v) is 2.11. The van der Waals surface area contributed by atoms with Crippen LogP contribution in [0, 0.1) is 10.1 Å². The first-order chi connectivity index (χ1) is 8.58. The normalized spacial score (nSPS) is 10.3. The number of nitro benzene ring substituents is 1. The zero-order valence-electron chi connectivity index (χ0n) is 10.1. The van der Waals surface area contributed by atoms with Crippen LogP contribution in [0.1, 0.15) is 12.5 Å². The van der Waals surface area contributed by atoms with Crippen LogP contribution in [0.4, 0.5) is 5.69 Å². The fourth-order valence-electron chi connectivity index (χ4n) is 1.30. The van der Waals surface area contributed by atoms with Crippen LogP contribution in [-0.4, -0.2) is 24.6 Å². The molecule has 18 heavy (non-hydrogen) atoms. The molecule has 6 heteroatoms. The Morgan fingerprint density at radius 2 is 2.22 bits per heavy atom. The fraction of sp³-hybridized carbons (Fsp3) is 0.250. The molecule has 0 amide bonds. The zero-order chi connectivity index (χ0) is 13.5. The second-order valence-corrected chi connectivity index (χ2v) is 3.27. The maximum atomic E-state index is 11.1. The van der Waals surface area contributed by atoms with E-state index in [-0.39, 0.29) is 5.69 Å². The second kappa shape index (κ2) is 6.39. The first-order valence-electron chi connectivity index (χ1n) is 5.25. The number of benzene rings is 1. The number of rotatable bonds is 5. The van der Waals surface area contributed by atoms with Gasteiger partial charge in [0.15, 0.2) is 0 Å². The summed E-state index contributed by atoms with van der Waals surface area (Å²) < 4.78 is 9.74. The minimum atomic E-state index is -0.513. The van der Waals surface area contributed by atoms with Gasteiger partial charge in [-0.05, 0) is 19.1 Å². The van der Waals surface area contributed by atoms with Gasteiger partial charge in [-0.3, -0.25) is 10.1 Å². The summed E-state index contributed by atoms with van der Waals surface area (Å²) in [4.78, 5) is 21.2. The number of hydrogen-bond donors (Lipinski definition) is 0.